The lowest BCUT2D eigenvalue weighted by atomic mass is 10.1. The summed E-state index contributed by atoms with van der Waals surface area (Å²) in [5.74, 6) is 0. The Morgan fingerprint density at radius 1 is 1.42 bits per heavy atom. The molecule has 0 aliphatic carbocycles. The Bertz CT molecular complexity index is 426. The Hall–Kier alpha value is -0.320. The summed E-state index contributed by atoms with van der Waals surface area (Å²) in [7, 11) is 0. The molecule has 0 fully saturated rings. The summed E-state index contributed by atoms with van der Waals surface area (Å²) in [6.45, 7) is 4.35. The quantitative estimate of drug-likeness (QED) is 0.525. The van der Waals surface area contributed by atoms with Gasteiger partial charge in [-0.05, 0) is 43.8 Å². The third-order valence-electron chi connectivity index (χ3n) is 2.80. The molecule has 1 aromatic rings. The van der Waals surface area contributed by atoms with Crippen molar-refractivity contribution < 1.29 is 0 Å². The van der Waals surface area contributed by atoms with Crippen LogP contribution in [0.3, 0.4) is 0 Å². The molecule has 0 heterocycles. The van der Waals surface area contributed by atoms with Crippen molar-refractivity contribution in [3.63, 3.8) is 0 Å². The summed E-state index contributed by atoms with van der Waals surface area (Å²) in [5.41, 5.74) is 0.822. The van der Waals surface area contributed by atoms with Crippen molar-refractivity contribution in [3.05, 3.63) is 27.7 Å². The minimum Gasteiger partial charge on any atom is -0.360 e. The first-order valence-corrected chi connectivity index (χ1v) is 8.13. The van der Waals surface area contributed by atoms with Crippen LogP contribution >= 0.6 is 39.7 Å². The first-order chi connectivity index (χ1) is 9.02. The summed E-state index contributed by atoms with van der Waals surface area (Å²) in [5, 5.41) is 7.67. The fraction of sp³-hybridized carbons (Fsp3) is 0.500. The zero-order valence-electron chi connectivity index (χ0n) is 11.3. The largest absolute Gasteiger partial charge is 0.360 e. The number of unbranched alkanes of at least 4 members (excludes halogenated alkanes) is 2. The fourth-order valence-electron chi connectivity index (χ4n) is 1.75. The topological polar surface area (TPSA) is 24.1 Å². The summed E-state index contributed by atoms with van der Waals surface area (Å²) in [6.07, 6.45) is 4.87. The molecular formula is C14H20BrClN2S. The zero-order chi connectivity index (χ0) is 14.3. The fourth-order valence-corrected chi connectivity index (χ4v) is 2.78. The number of benzene rings is 1. The average Bonchev–Trinajstić information content (AvgIpc) is 2.33. The second-order valence-corrected chi connectivity index (χ2v) is 6.35. The van der Waals surface area contributed by atoms with Crippen LogP contribution in [0.2, 0.25) is 5.02 Å². The van der Waals surface area contributed by atoms with Crippen molar-refractivity contribution in [2.45, 2.75) is 45.6 Å². The van der Waals surface area contributed by atoms with E-state index in [0.29, 0.717) is 16.2 Å². The standard InChI is InChI=1S/C14H20BrClN2S/c1-3-4-5-6-10(2)17-14(19)18-13-8-7-11(15)9-12(13)16/h7-10H,3-6H2,1-2H3,(H2,17,18,19). The number of hydrogen-bond donors (Lipinski definition) is 2. The van der Waals surface area contributed by atoms with Crippen LogP contribution in [0.5, 0.6) is 0 Å². The molecule has 2 nitrogen and oxygen atoms in total. The lowest BCUT2D eigenvalue weighted by Crippen LogP contribution is -2.35. The highest BCUT2D eigenvalue weighted by Gasteiger charge is 2.06. The van der Waals surface area contributed by atoms with E-state index in [0.717, 1.165) is 16.6 Å². The van der Waals surface area contributed by atoms with E-state index in [1.165, 1.54) is 19.3 Å². The summed E-state index contributed by atoms with van der Waals surface area (Å²) >= 11 is 14.8. The molecule has 19 heavy (non-hydrogen) atoms. The SMILES string of the molecule is CCCCCC(C)NC(=S)Nc1ccc(Br)cc1Cl. The van der Waals surface area contributed by atoms with E-state index in [1.54, 1.807) is 0 Å². The Balaban J connectivity index is 2.42. The minimum absolute atomic E-state index is 0.376. The van der Waals surface area contributed by atoms with Gasteiger partial charge in [0.1, 0.15) is 0 Å². The summed E-state index contributed by atoms with van der Waals surface area (Å²) < 4.78 is 0.954. The first-order valence-electron chi connectivity index (χ1n) is 6.55. The molecule has 0 aliphatic rings. The monoisotopic (exact) mass is 362 g/mol. The zero-order valence-corrected chi connectivity index (χ0v) is 14.5. The van der Waals surface area contributed by atoms with Gasteiger partial charge < -0.3 is 10.6 Å². The van der Waals surface area contributed by atoms with Crippen molar-refractivity contribution >= 4 is 50.5 Å². The number of halogens is 2. The van der Waals surface area contributed by atoms with Gasteiger partial charge in [0.25, 0.3) is 0 Å². The molecule has 0 amide bonds. The normalized spacial score (nSPS) is 12.0. The molecule has 0 radical (unpaired) electrons. The highest BCUT2D eigenvalue weighted by atomic mass is 79.9. The molecule has 0 saturated carbocycles. The van der Waals surface area contributed by atoms with Crippen molar-refractivity contribution in [1.82, 2.24) is 5.32 Å². The number of thiocarbonyl (C=S) groups is 1. The van der Waals surface area contributed by atoms with E-state index in [1.807, 2.05) is 18.2 Å². The van der Waals surface area contributed by atoms with Gasteiger partial charge in [0.05, 0.1) is 10.7 Å². The lowest BCUT2D eigenvalue weighted by molar-refractivity contribution is 0.556. The van der Waals surface area contributed by atoms with Crippen LogP contribution in [0, 0.1) is 0 Å². The molecule has 5 heteroatoms. The van der Waals surface area contributed by atoms with Crippen molar-refractivity contribution in [2.24, 2.45) is 0 Å². The van der Waals surface area contributed by atoms with E-state index in [4.69, 9.17) is 23.8 Å². The van der Waals surface area contributed by atoms with Crippen LogP contribution in [0.25, 0.3) is 0 Å². The van der Waals surface area contributed by atoms with Crippen LogP contribution in [0.4, 0.5) is 5.69 Å². The van der Waals surface area contributed by atoms with Gasteiger partial charge in [-0.3, -0.25) is 0 Å². The Labute approximate surface area is 134 Å². The van der Waals surface area contributed by atoms with Crippen LogP contribution in [0.1, 0.15) is 39.5 Å². The molecule has 1 aromatic carbocycles. The molecule has 0 aliphatic heterocycles. The third kappa shape index (κ3) is 6.59. The second-order valence-electron chi connectivity index (χ2n) is 4.62. The van der Waals surface area contributed by atoms with Gasteiger partial charge >= 0.3 is 0 Å². The van der Waals surface area contributed by atoms with E-state index in [-0.39, 0.29) is 0 Å². The minimum atomic E-state index is 0.376. The predicted octanol–water partition coefficient (Wildman–Crippen LogP) is 5.36. The second kappa shape index (κ2) is 8.77. The van der Waals surface area contributed by atoms with Crippen LogP contribution in [0.15, 0.2) is 22.7 Å². The molecule has 2 N–H and O–H groups in total. The maximum absolute atomic E-state index is 6.13. The maximum atomic E-state index is 6.13. The first kappa shape index (κ1) is 16.7. The van der Waals surface area contributed by atoms with Gasteiger partial charge in [-0.1, -0.05) is 53.7 Å². The molecule has 106 valence electrons. The smallest absolute Gasteiger partial charge is 0.171 e. The molecule has 0 bridgehead atoms. The summed E-state index contributed by atoms with van der Waals surface area (Å²) in [6, 6.07) is 6.06. The van der Waals surface area contributed by atoms with E-state index in [2.05, 4.69) is 40.4 Å². The van der Waals surface area contributed by atoms with Crippen LogP contribution in [-0.2, 0) is 0 Å². The van der Waals surface area contributed by atoms with Gasteiger partial charge in [-0.25, -0.2) is 0 Å². The van der Waals surface area contributed by atoms with Crippen LogP contribution in [-0.4, -0.2) is 11.2 Å². The van der Waals surface area contributed by atoms with Gasteiger partial charge in [-0.2, -0.15) is 0 Å². The summed E-state index contributed by atoms with van der Waals surface area (Å²) in [4.78, 5) is 0. The molecular weight excluding hydrogens is 344 g/mol. The molecule has 0 saturated heterocycles. The molecule has 0 spiro atoms. The number of nitrogens with one attached hydrogen (secondary N) is 2. The van der Waals surface area contributed by atoms with Crippen LogP contribution < -0.4 is 10.6 Å². The highest BCUT2D eigenvalue weighted by Crippen LogP contribution is 2.25. The molecule has 0 aromatic heterocycles. The number of anilines is 1. The lowest BCUT2D eigenvalue weighted by Gasteiger charge is -2.17. The van der Waals surface area contributed by atoms with Crippen molar-refractivity contribution in [3.8, 4) is 0 Å². The molecule has 1 unspecified atom stereocenters. The number of rotatable bonds is 6. The third-order valence-corrected chi connectivity index (χ3v) is 3.82. The van der Waals surface area contributed by atoms with Crippen molar-refractivity contribution in [1.29, 1.82) is 0 Å². The van der Waals surface area contributed by atoms with E-state index >= 15 is 0 Å². The number of hydrogen-bond acceptors (Lipinski definition) is 1. The van der Waals surface area contributed by atoms with E-state index < -0.39 is 0 Å². The Kier molecular flexibility index (Phi) is 7.73. The Morgan fingerprint density at radius 2 is 2.16 bits per heavy atom. The highest BCUT2D eigenvalue weighted by molar-refractivity contribution is 9.10. The van der Waals surface area contributed by atoms with Crippen molar-refractivity contribution in [2.75, 3.05) is 5.32 Å². The molecule has 1 atom stereocenters. The molecule has 1 rings (SSSR count). The van der Waals surface area contributed by atoms with Gasteiger partial charge in [-0.15, -0.1) is 0 Å². The van der Waals surface area contributed by atoms with Gasteiger partial charge in [0.2, 0.25) is 0 Å². The van der Waals surface area contributed by atoms with E-state index in [9.17, 15) is 0 Å². The Morgan fingerprint density at radius 3 is 2.79 bits per heavy atom. The van der Waals surface area contributed by atoms with Gasteiger partial charge in [0.15, 0.2) is 5.11 Å². The maximum Gasteiger partial charge on any atom is 0.171 e. The van der Waals surface area contributed by atoms with Gasteiger partial charge in [0, 0.05) is 10.5 Å². The average molecular weight is 364 g/mol. The predicted molar refractivity (Wildman–Crippen MR) is 92.1 cm³/mol.